The first-order valence-electron chi connectivity index (χ1n) is 7.81. The maximum Gasteiger partial charge on any atom is 0.272 e. The highest BCUT2D eigenvalue weighted by Gasteiger charge is 2.11. The van der Waals surface area contributed by atoms with Gasteiger partial charge in [-0.1, -0.05) is 6.07 Å². The molecule has 0 saturated heterocycles. The average Bonchev–Trinajstić information content (AvgIpc) is 3.31. The molecule has 0 spiro atoms. The highest BCUT2D eigenvalue weighted by Crippen LogP contribution is 2.22. The van der Waals surface area contributed by atoms with Crippen molar-refractivity contribution in [1.29, 1.82) is 0 Å². The minimum absolute atomic E-state index is 0.201. The van der Waals surface area contributed by atoms with E-state index in [9.17, 15) is 4.79 Å². The summed E-state index contributed by atoms with van der Waals surface area (Å²) in [4.78, 5) is 15.7. The molecule has 6 nitrogen and oxygen atoms in total. The number of aromatic nitrogens is 3. The number of carbonyl (C=O) groups excluding carboxylic acids is 1. The Kier molecular flexibility index (Phi) is 3.70. The van der Waals surface area contributed by atoms with Crippen LogP contribution >= 0.6 is 0 Å². The molecule has 0 saturated carbocycles. The number of methoxy groups -OCH3 is 1. The number of fused-ring (bicyclic) bond motifs is 1. The van der Waals surface area contributed by atoms with Crippen molar-refractivity contribution in [2.24, 2.45) is 0 Å². The van der Waals surface area contributed by atoms with Crippen molar-refractivity contribution in [3.05, 3.63) is 72.7 Å². The summed E-state index contributed by atoms with van der Waals surface area (Å²) in [6.45, 7) is 0. The van der Waals surface area contributed by atoms with Crippen LogP contribution in [0, 0.1) is 0 Å². The number of amides is 1. The number of anilines is 1. The zero-order valence-electron chi connectivity index (χ0n) is 13.6. The summed E-state index contributed by atoms with van der Waals surface area (Å²) in [5, 5.41) is 8.03. The molecule has 1 amide bonds. The summed E-state index contributed by atoms with van der Waals surface area (Å²) >= 11 is 0. The number of benzene rings is 2. The van der Waals surface area contributed by atoms with E-state index in [0.717, 1.165) is 22.3 Å². The molecule has 124 valence electrons. The van der Waals surface area contributed by atoms with Gasteiger partial charge in [0.25, 0.3) is 5.91 Å². The highest BCUT2D eigenvalue weighted by atomic mass is 16.5. The fourth-order valence-electron chi connectivity index (χ4n) is 2.71. The molecule has 2 heterocycles. The molecule has 2 aromatic carbocycles. The summed E-state index contributed by atoms with van der Waals surface area (Å²) in [5.41, 5.74) is 2.96. The Bertz CT molecular complexity index is 1030. The predicted octanol–water partition coefficient (Wildman–Crippen LogP) is 3.61. The van der Waals surface area contributed by atoms with Crippen molar-refractivity contribution in [3.63, 3.8) is 0 Å². The van der Waals surface area contributed by atoms with Crippen molar-refractivity contribution in [2.75, 3.05) is 12.4 Å². The van der Waals surface area contributed by atoms with Crippen molar-refractivity contribution < 1.29 is 9.53 Å². The lowest BCUT2D eigenvalue weighted by atomic mass is 10.2. The Morgan fingerprint density at radius 2 is 2.08 bits per heavy atom. The van der Waals surface area contributed by atoms with Crippen LogP contribution in [0.2, 0.25) is 0 Å². The van der Waals surface area contributed by atoms with Gasteiger partial charge in [-0.3, -0.25) is 4.79 Å². The topological polar surface area (TPSA) is 71.9 Å². The minimum atomic E-state index is -0.201. The zero-order valence-corrected chi connectivity index (χ0v) is 13.6. The smallest absolute Gasteiger partial charge is 0.272 e. The van der Waals surface area contributed by atoms with Gasteiger partial charge in [0.1, 0.15) is 11.4 Å². The molecule has 0 aliphatic heterocycles. The molecule has 0 atom stereocenters. The van der Waals surface area contributed by atoms with Crippen LogP contribution in [0.5, 0.6) is 5.75 Å². The first-order chi connectivity index (χ1) is 12.2. The first kappa shape index (κ1) is 15.0. The van der Waals surface area contributed by atoms with E-state index >= 15 is 0 Å². The number of nitrogens with zero attached hydrogens (tertiary/aromatic N) is 2. The standard InChI is InChI=1S/C19H16N4O2/c1-25-16-6-7-17-13(10-16)11-18(22-17)19(24)21-14-4-2-5-15(12-14)23-9-3-8-20-23/h2-12,22H,1H3,(H,21,24). The van der Waals surface area contributed by atoms with Crippen LogP contribution in [0.25, 0.3) is 16.6 Å². The fraction of sp³-hybridized carbons (Fsp3) is 0.0526. The van der Waals surface area contributed by atoms with E-state index in [0.29, 0.717) is 11.4 Å². The summed E-state index contributed by atoms with van der Waals surface area (Å²) in [7, 11) is 1.62. The summed E-state index contributed by atoms with van der Waals surface area (Å²) in [5.74, 6) is 0.554. The number of nitrogens with one attached hydrogen (secondary N) is 2. The lowest BCUT2D eigenvalue weighted by Gasteiger charge is -2.06. The normalized spacial score (nSPS) is 10.8. The Labute approximate surface area is 144 Å². The summed E-state index contributed by atoms with van der Waals surface area (Å²) in [6.07, 6.45) is 3.57. The van der Waals surface area contributed by atoms with E-state index in [-0.39, 0.29) is 5.91 Å². The second kappa shape index (κ2) is 6.16. The Hall–Kier alpha value is -3.54. The van der Waals surface area contributed by atoms with Crippen molar-refractivity contribution >= 4 is 22.5 Å². The largest absolute Gasteiger partial charge is 0.497 e. The van der Waals surface area contributed by atoms with Crippen LogP contribution in [-0.4, -0.2) is 27.8 Å². The molecule has 2 N–H and O–H groups in total. The molecular formula is C19H16N4O2. The zero-order chi connectivity index (χ0) is 17.2. The van der Waals surface area contributed by atoms with Gasteiger partial charge in [-0.15, -0.1) is 0 Å². The Morgan fingerprint density at radius 3 is 2.88 bits per heavy atom. The second-order valence-electron chi connectivity index (χ2n) is 5.59. The number of rotatable bonds is 4. The van der Waals surface area contributed by atoms with E-state index in [1.54, 1.807) is 18.0 Å². The molecular weight excluding hydrogens is 316 g/mol. The van der Waals surface area contributed by atoms with Crippen molar-refractivity contribution in [2.45, 2.75) is 0 Å². The van der Waals surface area contributed by atoms with Gasteiger partial charge in [-0.2, -0.15) is 5.10 Å². The quantitative estimate of drug-likeness (QED) is 0.599. The third-order valence-electron chi connectivity index (χ3n) is 3.95. The number of ether oxygens (including phenoxy) is 1. The number of hydrogen-bond acceptors (Lipinski definition) is 3. The van der Waals surface area contributed by atoms with E-state index in [1.165, 1.54) is 0 Å². The molecule has 0 fully saturated rings. The molecule has 0 aliphatic carbocycles. The molecule has 0 radical (unpaired) electrons. The molecule has 6 heteroatoms. The predicted molar refractivity (Wildman–Crippen MR) is 96.4 cm³/mol. The fourth-order valence-corrected chi connectivity index (χ4v) is 2.71. The van der Waals surface area contributed by atoms with Gasteiger partial charge in [-0.05, 0) is 48.5 Å². The molecule has 4 rings (SSSR count). The van der Waals surface area contributed by atoms with Gasteiger partial charge < -0.3 is 15.0 Å². The third-order valence-corrected chi connectivity index (χ3v) is 3.95. The van der Waals surface area contributed by atoms with E-state index in [1.807, 2.05) is 60.8 Å². The van der Waals surface area contributed by atoms with Crippen molar-refractivity contribution in [3.8, 4) is 11.4 Å². The monoisotopic (exact) mass is 332 g/mol. The van der Waals surface area contributed by atoms with Gasteiger partial charge in [-0.25, -0.2) is 4.68 Å². The molecule has 4 aromatic rings. The Balaban J connectivity index is 1.59. The number of carbonyl (C=O) groups is 1. The first-order valence-corrected chi connectivity index (χ1v) is 7.81. The summed E-state index contributed by atoms with van der Waals surface area (Å²) < 4.78 is 6.95. The van der Waals surface area contributed by atoms with Crippen LogP contribution in [-0.2, 0) is 0 Å². The van der Waals surface area contributed by atoms with Gasteiger partial charge in [0.05, 0.1) is 12.8 Å². The molecule has 2 aromatic heterocycles. The van der Waals surface area contributed by atoms with Gasteiger partial charge in [0.15, 0.2) is 0 Å². The highest BCUT2D eigenvalue weighted by molar-refractivity contribution is 6.06. The Morgan fingerprint density at radius 1 is 1.16 bits per heavy atom. The van der Waals surface area contributed by atoms with E-state index in [4.69, 9.17) is 4.74 Å². The molecule has 25 heavy (non-hydrogen) atoms. The SMILES string of the molecule is COc1ccc2[nH]c(C(=O)Nc3cccc(-n4cccn4)c3)cc2c1. The molecule has 0 aliphatic rings. The lowest BCUT2D eigenvalue weighted by molar-refractivity contribution is 0.102. The van der Waals surface area contributed by atoms with E-state index in [2.05, 4.69) is 15.4 Å². The maximum absolute atomic E-state index is 12.5. The maximum atomic E-state index is 12.5. The third kappa shape index (κ3) is 2.97. The number of hydrogen-bond donors (Lipinski definition) is 2. The van der Waals surface area contributed by atoms with E-state index < -0.39 is 0 Å². The van der Waals surface area contributed by atoms with Gasteiger partial charge in [0.2, 0.25) is 0 Å². The lowest BCUT2D eigenvalue weighted by Crippen LogP contribution is -2.12. The molecule has 0 bridgehead atoms. The van der Waals surface area contributed by atoms with Crippen LogP contribution in [0.4, 0.5) is 5.69 Å². The molecule has 0 unspecified atom stereocenters. The summed E-state index contributed by atoms with van der Waals surface area (Å²) in [6, 6.07) is 16.8. The van der Waals surface area contributed by atoms with Crippen LogP contribution in [0.3, 0.4) is 0 Å². The van der Waals surface area contributed by atoms with Gasteiger partial charge in [0, 0.05) is 29.0 Å². The van der Waals surface area contributed by atoms with Crippen LogP contribution < -0.4 is 10.1 Å². The minimum Gasteiger partial charge on any atom is -0.497 e. The number of H-pyrrole nitrogens is 1. The van der Waals surface area contributed by atoms with Crippen LogP contribution in [0.15, 0.2) is 67.0 Å². The number of aromatic amines is 1. The average molecular weight is 332 g/mol. The van der Waals surface area contributed by atoms with Crippen molar-refractivity contribution in [1.82, 2.24) is 14.8 Å². The van der Waals surface area contributed by atoms with Gasteiger partial charge >= 0.3 is 0 Å². The second-order valence-corrected chi connectivity index (χ2v) is 5.59. The van der Waals surface area contributed by atoms with Crippen LogP contribution in [0.1, 0.15) is 10.5 Å².